The van der Waals surface area contributed by atoms with Crippen LogP contribution in [-0.4, -0.2) is 54.4 Å². The lowest BCUT2D eigenvalue weighted by atomic mass is 10.0. The Hall–Kier alpha value is -3.64. The number of hydrogen-bond donors (Lipinski definition) is 0. The fraction of sp³-hybridized carbons (Fsp3) is 0.394. The van der Waals surface area contributed by atoms with Gasteiger partial charge in [0.1, 0.15) is 5.75 Å². The van der Waals surface area contributed by atoms with Crippen molar-refractivity contribution in [1.82, 2.24) is 9.80 Å². The molecule has 0 atom stereocenters. The summed E-state index contributed by atoms with van der Waals surface area (Å²) in [4.78, 5) is 33.4. The first-order chi connectivity index (χ1) is 19.1. The number of para-hydroxylation sites is 2. The van der Waals surface area contributed by atoms with Crippen LogP contribution in [0.5, 0.6) is 5.75 Å². The van der Waals surface area contributed by atoms with Crippen molar-refractivity contribution in [2.24, 2.45) is 5.92 Å². The Kier molecular flexibility index (Phi) is 8.94. The summed E-state index contributed by atoms with van der Waals surface area (Å²) in [6.45, 7) is 6.50. The minimum atomic E-state index is -0.0684. The third kappa shape index (κ3) is 7.27. The topological polar surface area (TPSA) is 53.1 Å². The van der Waals surface area contributed by atoms with E-state index in [1.807, 2.05) is 52.3 Å². The van der Waals surface area contributed by atoms with Crippen molar-refractivity contribution in [2.75, 3.05) is 37.7 Å². The van der Waals surface area contributed by atoms with Crippen LogP contribution in [0.1, 0.15) is 42.4 Å². The quantitative estimate of drug-likeness (QED) is 0.430. The largest absolute Gasteiger partial charge is 0.484 e. The Morgan fingerprint density at radius 1 is 0.821 bits per heavy atom. The molecule has 3 aromatic rings. The molecule has 0 bridgehead atoms. The summed E-state index contributed by atoms with van der Waals surface area (Å²) in [5, 5.41) is 0. The number of hydrogen-bond acceptors (Lipinski definition) is 4. The van der Waals surface area contributed by atoms with Gasteiger partial charge in [-0.15, -0.1) is 0 Å². The molecule has 2 amide bonds. The van der Waals surface area contributed by atoms with Crippen molar-refractivity contribution in [3.8, 4) is 5.75 Å². The van der Waals surface area contributed by atoms with Crippen LogP contribution in [0.15, 0.2) is 78.9 Å². The van der Waals surface area contributed by atoms with Crippen LogP contribution in [0.25, 0.3) is 0 Å². The monoisotopic (exact) mass is 525 g/mol. The molecular formula is C33H39N3O3. The minimum absolute atomic E-state index is 0.0315. The Morgan fingerprint density at radius 3 is 2.23 bits per heavy atom. The van der Waals surface area contributed by atoms with E-state index in [1.54, 1.807) is 0 Å². The predicted octanol–water partition coefficient (Wildman–Crippen LogP) is 5.44. The highest BCUT2D eigenvalue weighted by Gasteiger charge is 2.34. The van der Waals surface area contributed by atoms with Crippen molar-refractivity contribution < 1.29 is 14.3 Å². The van der Waals surface area contributed by atoms with Gasteiger partial charge in [-0.3, -0.25) is 14.5 Å². The van der Waals surface area contributed by atoms with Crippen molar-refractivity contribution in [3.05, 3.63) is 95.6 Å². The first-order valence-electron chi connectivity index (χ1n) is 14.2. The molecule has 1 saturated carbocycles. The number of ether oxygens (including phenoxy) is 1. The van der Waals surface area contributed by atoms with Crippen molar-refractivity contribution in [2.45, 2.75) is 45.7 Å². The van der Waals surface area contributed by atoms with Crippen molar-refractivity contribution in [3.63, 3.8) is 0 Å². The number of carbonyl (C=O) groups excluding carboxylic acids is 2. The van der Waals surface area contributed by atoms with Gasteiger partial charge in [-0.2, -0.15) is 0 Å². The molecule has 6 heteroatoms. The van der Waals surface area contributed by atoms with Gasteiger partial charge >= 0.3 is 0 Å². The van der Waals surface area contributed by atoms with Gasteiger partial charge in [-0.1, -0.05) is 66.7 Å². The van der Waals surface area contributed by atoms with Crippen LogP contribution < -0.4 is 9.64 Å². The highest BCUT2D eigenvalue weighted by atomic mass is 16.5. The number of anilines is 1. The third-order valence-electron chi connectivity index (χ3n) is 7.60. The smallest absolute Gasteiger partial charge is 0.264 e. The molecule has 0 spiro atoms. The van der Waals surface area contributed by atoms with Gasteiger partial charge in [0.25, 0.3) is 5.91 Å². The van der Waals surface area contributed by atoms with Gasteiger partial charge < -0.3 is 14.5 Å². The molecule has 39 heavy (non-hydrogen) atoms. The normalized spacial score (nSPS) is 17.1. The van der Waals surface area contributed by atoms with Crippen molar-refractivity contribution in [1.29, 1.82) is 0 Å². The van der Waals surface area contributed by atoms with Crippen molar-refractivity contribution >= 4 is 17.5 Å². The molecule has 1 heterocycles. The molecule has 0 saturated heterocycles. The number of carbonyl (C=O) groups is 2. The second kappa shape index (κ2) is 12.9. The molecule has 6 nitrogen and oxygen atoms in total. The molecule has 0 unspecified atom stereocenters. The molecular weight excluding hydrogens is 486 g/mol. The molecule has 1 aliphatic carbocycles. The molecule has 204 valence electrons. The van der Waals surface area contributed by atoms with Gasteiger partial charge in [-0.05, 0) is 61.4 Å². The molecule has 2 aliphatic rings. The molecule has 0 N–H and O–H groups in total. The summed E-state index contributed by atoms with van der Waals surface area (Å²) in [5.74, 6) is 1.02. The molecule has 3 aromatic carbocycles. The number of amides is 2. The lowest BCUT2D eigenvalue weighted by Gasteiger charge is -2.32. The Morgan fingerprint density at radius 2 is 1.51 bits per heavy atom. The van der Waals surface area contributed by atoms with E-state index in [2.05, 4.69) is 48.2 Å². The minimum Gasteiger partial charge on any atom is -0.484 e. The molecule has 1 fully saturated rings. The average molecular weight is 526 g/mol. The Labute approximate surface area is 232 Å². The molecule has 0 aromatic heterocycles. The number of benzene rings is 3. The van der Waals surface area contributed by atoms with Gasteiger partial charge in [-0.25, -0.2) is 0 Å². The van der Waals surface area contributed by atoms with Gasteiger partial charge in [0.2, 0.25) is 5.91 Å². The predicted molar refractivity (Wildman–Crippen MR) is 155 cm³/mol. The van der Waals surface area contributed by atoms with E-state index in [0.717, 1.165) is 68.7 Å². The second-order valence-electron chi connectivity index (χ2n) is 10.7. The summed E-state index contributed by atoms with van der Waals surface area (Å²) in [6, 6.07) is 26.2. The standard InChI is InChI=1S/C33H39N3O3/c1-26-11-8-14-29-24-35(33(38)28-17-18-28)21-9-19-34(23-27-12-4-2-5-13-27)20-10-22-36(32(26)29)31(37)25-39-30-15-6-3-7-16-30/h2-8,11-16,28H,9-10,17-25H2,1H3. The van der Waals surface area contributed by atoms with Crippen LogP contribution in [0.4, 0.5) is 5.69 Å². The maximum Gasteiger partial charge on any atom is 0.264 e. The zero-order valence-electron chi connectivity index (χ0n) is 22.9. The fourth-order valence-electron chi connectivity index (χ4n) is 5.44. The van der Waals surface area contributed by atoms with Crippen LogP contribution in [0.3, 0.4) is 0 Å². The summed E-state index contributed by atoms with van der Waals surface area (Å²) < 4.78 is 5.88. The second-order valence-corrected chi connectivity index (χ2v) is 10.7. The summed E-state index contributed by atoms with van der Waals surface area (Å²) in [7, 11) is 0. The van der Waals surface area contributed by atoms with E-state index in [1.165, 1.54) is 5.56 Å². The lowest BCUT2D eigenvalue weighted by molar-refractivity contribution is -0.133. The highest BCUT2D eigenvalue weighted by molar-refractivity contribution is 5.96. The Balaban J connectivity index is 1.42. The number of fused-ring (bicyclic) bond motifs is 1. The molecule has 0 radical (unpaired) electrons. The fourth-order valence-corrected chi connectivity index (χ4v) is 5.44. The van der Waals surface area contributed by atoms with Gasteiger partial charge in [0.15, 0.2) is 6.61 Å². The zero-order chi connectivity index (χ0) is 27.0. The van der Waals surface area contributed by atoms with Crippen LogP contribution in [0.2, 0.25) is 0 Å². The first kappa shape index (κ1) is 26.9. The average Bonchev–Trinajstić information content (AvgIpc) is 3.80. The van der Waals surface area contributed by atoms with E-state index < -0.39 is 0 Å². The van der Waals surface area contributed by atoms with Crippen LogP contribution >= 0.6 is 0 Å². The van der Waals surface area contributed by atoms with E-state index in [4.69, 9.17) is 4.74 Å². The number of aryl methyl sites for hydroxylation is 1. The molecule has 1 aliphatic heterocycles. The van der Waals surface area contributed by atoms with E-state index in [9.17, 15) is 9.59 Å². The van der Waals surface area contributed by atoms with Crippen LogP contribution in [-0.2, 0) is 22.7 Å². The summed E-state index contributed by atoms with van der Waals surface area (Å²) >= 11 is 0. The SMILES string of the molecule is Cc1cccc2c1N(C(=O)COc1ccccc1)CCCN(Cc1ccccc1)CCCN(C(=O)C1CC1)C2. The summed E-state index contributed by atoms with van der Waals surface area (Å²) in [5.41, 5.74) is 4.26. The van der Waals surface area contributed by atoms with Gasteiger partial charge in [0, 0.05) is 45.2 Å². The first-order valence-corrected chi connectivity index (χ1v) is 14.2. The lowest BCUT2D eigenvalue weighted by Crippen LogP contribution is -2.41. The Bertz CT molecular complexity index is 1240. The summed E-state index contributed by atoms with van der Waals surface area (Å²) in [6.07, 6.45) is 3.75. The zero-order valence-corrected chi connectivity index (χ0v) is 22.9. The number of rotatable bonds is 6. The third-order valence-corrected chi connectivity index (χ3v) is 7.60. The van der Waals surface area contributed by atoms with E-state index in [0.29, 0.717) is 18.8 Å². The van der Waals surface area contributed by atoms with Crippen LogP contribution in [0, 0.1) is 12.8 Å². The molecule has 5 rings (SSSR count). The maximum atomic E-state index is 13.7. The van der Waals surface area contributed by atoms with E-state index >= 15 is 0 Å². The number of nitrogens with zero attached hydrogens (tertiary/aromatic N) is 3. The maximum absolute atomic E-state index is 13.7. The van der Waals surface area contributed by atoms with E-state index in [-0.39, 0.29) is 24.3 Å². The van der Waals surface area contributed by atoms with Gasteiger partial charge in [0.05, 0.1) is 5.69 Å². The highest BCUT2D eigenvalue weighted by Crippen LogP contribution is 2.33.